The molecule has 5 aromatic rings. The van der Waals surface area contributed by atoms with Crippen LogP contribution in [-0.2, 0) is 16.6 Å². The molecular weight excluding hydrogens is 428 g/mol. The second-order valence-electron chi connectivity index (χ2n) is 7.25. The molecule has 3 heterocycles. The Morgan fingerprint density at radius 2 is 1.78 bits per heavy atom. The van der Waals surface area contributed by atoms with Gasteiger partial charge in [0.25, 0.3) is 15.9 Å². The molecule has 3 aromatic heterocycles. The smallest absolute Gasteiger partial charge is 0.267 e. The molecule has 160 valence electrons. The number of rotatable bonds is 6. The summed E-state index contributed by atoms with van der Waals surface area (Å²) in [5.74, 6) is -0.256. The number of amides is 1. The summed E-state index contributed by atoms with van der Waals surface area (Å²) in [5.41, 5.74) is 3.22. The molecule has 0 saturated carbocycles. The van der Waals surface area contributed by atoms with Crippen LogP contribution in [0.1, 0.15) is 16.1 Å². The number of pyridine rings is 1. The molecule has 0 atom stereocenters. The first-order valence-electron chi connectivity index (χ1n) is 9.74. The third kappa shape index (κ3) is 3.91. The van der Waals surface area contributed by atoms with Gasteiger partial charge in [-0.25, -0.2) is 8.42 Å². The maximum Gasteiger partial charge on any atom is 0.267 e. The summed E-state index contributed by atoms with van der Waals surface area (Å²) in [6.45, 7) is 0.261. The largest absolute Gasteiger partial charge is 0.350 e. The Morgan fingerprint density at radius 1 is 0.938 bits per heavy atom. The van der Waals surface area contributed by atoms with Crippen LogP contribution in [0, 0.1) is 0 Å². The van der Waals surface area contributed by atoms with Crippen molar-refractivity contribution in [2.75, 3.05) is 4.72 Å². The standard InChI is InChI=1S/C22H18N6O3S/c29-22(21-9-16-12-23-8-7-19(16)26-21)24-11-14-1-5-18(6-2-14)32(30,31)28-17-4-3-15-13-25-27-20(15)10-17/h1-10,12-13,26,28H,11H2,(H,24,29)(H,25,27). The quantitative estimate of drug-likeness (QED) is 0.318. The van der Waals surface area contributed by atoms with Gasteiger partial charge in [-0.2, -0.15) is 5.10 Å². The lowest BCUT2D eigenvalue weighted by molar-refractivity contribution is 0.0946. The predicted molar refractivity (Wildman–Crippen MR) is 121 cm³/mol. The van der Waals surface area contributed by atoms with E-state index in [0.717, 1.165) is 27.4 Å². The van der Waals surface area contributed by atoms with E-state index in [1.54, 1.807) is 61.1 Å². The Kier molecular flexibility index (Phi) is 4.83. The maximum atomic E-state index is 12.7. The van der Waals surface area contributed by atoms with Crippen LogP contribution in [0.3, 0.4) is 0 Å². The zero-order valence-corrected chi connectivity index (χ0v) is 17.5. The molecule has 0 unspecified atom stereocenters. The molecule has 10 heteroatoms. The van der Waals surface area contributed by atoms with Gasteiger partial charge in [-0.3, -0.25) is 19.6 Å². The zero-order valence-electron chi connectivity index (χ0n) is 16.7. The summed E-state index contributed by atoms with van der Waals surface area (Å²) in [7, 11) is -3.75. The van der Waals surface area contributed by atoms with E-state index in [1.807, 2.05) is 0 Å². The average molecular weight is 446 g/mol. The van der Waals surface area contributed by atoms with Crippen molar-refractivity contribution in [3.63, 3.8) is 0 Å². The van der Waals surface area contributed by atoms with E-state index in [1.165, 1.54) is 12.1 Å². The third-order valence-corrected chi connectivity index (χ3v) is 6.44. The number of nitrogens with one attached hydrogen (secondary N) is 4. The number of sulfonamides is 1. The van der Waals surface area contributed by atoms with Gasteiger partial charge in [-0.05, 0) is 48.0 Å². The van der Waals surface area contributed by atoms with Crippen molar-refractivity contribution in [2.24, 2.45) is 0 Å². The maximum absolute atomic E-state index is 12.7. The molecule has 0 aliphatic carbocycles. The van der Waals surface area contributed by atoms with Gasteiger partial charge < -0.3 is 10.3 Å². The average Bonchev–Trinajstić information content (AvgIpc) is 3.44. The van der Waals surface area contributed by atoms with Gasteiger partial charge in [-0.15, -0.1) is 0 Å². The number of benzene rings is 2. The molecule has 0 radical (unpaired) electrons. The Morgan fingerprint density at radius 3 is 2.59 bits per heavy atom. The lowest BCUT2D eigenvalue weighted by atomic mass is 10.2. The summed E-state index contributed by atoms with van der Waals surface area (Å²) >= 11 is 0. The SMILES string of the molecule is O=C(NCc1ccc(S(=O)(=O)Nc2ccc3cn[nH]c3c2)cc1)c1cc2cnccc2[nH]1. The number of carbonyl (C=O) groups excluding carboxylic acids is 1. The Bertz CT molecular complexity index is 1500. The fraction of sp³-hybridized carbons (Fsp3) is 0.0455. The number of carbonyl (C=O) groups is 1. The van der Waals surface area contributed by atoms with Crippen molar-refractivity contribution >= 4 is 43.4 Å². The fourth-order valence-electron chi connectivity index (χ4n) is 3.37. The minimum atomic E-state index is -3.75. The topological polar surface area (TPSA) is 133 Å². The van der Waals surface area contributed by atoms with Crippen molar-refractivity contribution < 1.29 is 13.2 Å². The van der Waals surface area contributed by atoms with Crippen LogP contribution in [0.25, 0.3) is 21.8 Å². The van der Waals surface area contributed by atoms with Gasteiger partial charge in [0, 0.05) is 35.2 Å². The van der Waals surface area contributed by atoms with E-state index in [-0.39, 0.29) is 17.3 Å². The highest BCUT2D eigenvalue weighted by Crippen LogP contribution is 2.21. The molecule has 1 amide bonds. The van der Waals surface area contributed by atoms with Crippen LogP contribution in [0.2, 0.25) is 0 Å². The molecule has 0 bridgehead atoms. The van der Waals surface area contributed by atoms with Crippen LogP contribution in [-0.4, -0.2) is 34.5 Å². The highest BCUT2D eigenvalue weighted by atomic mass is 32.2. The summed E-state index contributed by atoms with van der Waals surface area (Å²) < 4.78 is 28.0. The second-order valence-corrected chi connectivity index (χ2v) is 8.93. The molecule has 0 aliphatic heterocycles. The molecule has 9 nitrogen and oxygen atoms in total. The number of nitrogens with zero attached hydrogens (tertiary/aromatic N) is 2. The van der Waals surface area contributed by atoms with Crippen molar-refractivity contribution in [1.29, 1.82) is 0 Å². The number of H-pyrrole nitrogens is 2. The summed E-state index contributed by atoms with van der Waals surface area (Å²) in [5, 5.41) is 11.3. The molecule has 0 aliphatic rings. The molecule has 0 saturated heterocycles. The van der Waals surface area contributed by atoms with Gasteiger partial charge in [0.1, 0.15) is 5.69 Å². The van der Waals surface area contributed by atoms with Crippen LogP contribution in [0.15, 0.2) is 78.1 Å². The first kappa shape index (κ1) is 19.8. The van der Waals surface area contributed by atoms with Crippen molar-refractivity contribution in [1.82, 2.24) is 25.5 Å². The van der Waals surface area contributed by atoms with E-state index in [2.05, 4.69) is 30.2 Å². The molecule has 0 spiro atoms. The van der Waals surface area contributed by atoms with E-state index in [9.17, 15) is 13.2 Å². The minimum Gasteiger partial charge on any atom is -0.350 e. The van der Waals surface area contributed by atoms with Crippen LogP contribution in [0.4, 0.5) is 5.69 Å². The van der Waals surface area contributed by atoms with Crippen LogP contribution >= 0.6 is 0 Å². The summed E-state index contributed by atoms with van der Waals surface area (Å²) in [4.78, 5) is 19.6. The number of aromatic nitrogens is 4. The third-order valence-electron chi connectivity index (χ3n) is 5.05. The van der Waals surface area contributed by atoms with Crippen LogP contribution in [0.5, 0.6) is 0 Å². The Labute approximate surface area is 182 Å². The first-order chi connectivity index (χ1) is 15.5. The molecule has 0 fully saturated rings. The molecule has 32 heavy (non-hydrogen) atoms. The van der Waals surface area contributed by atoms with Gasteiger partial charge in [-0.1, -0.05) is 12.1 Å². The van der Waals surface area contributed by atoms with Gasteiger partial charge in [0.15, 0.2) is 0 Å². The summed E-state index contributed by atoms with van der Waals surface area (Å²) in [6, 6.07) is 15.0. The normalized spacial score (nSPS) is 11.6. The summed E-state index contributed by atoms with van der Waals surface area (Å²) in [6.07, 6.45) is 5.00. The van der Waals surface area contributed by atoms with Gasteiger partial charge in [0.05, 0.1) is 22.3 Å². The number of hydrogen-bond donors (Lipinski definition) is 4. The molecular formula is C22H18N6O3S. The minimum absolute atomic E-state index is 0.125. The molecule has 5 rings (SSSR count). The highest BCUT2D eigenvalue weighted by molar-refractivity contribution is 7.92. The Hall–Kier alpha value is -4.18. The van der Waals surface area contributed by atoms with Crippen molar-refractivity contribution in [3.05, 3.63) is 84.4 Å². The van der Waals surface area contributed by atoms with E-state index in [0.29, 0.717) is 11.4 Å². The van der Waals surface area contributed by atoms with Crippen molar-refractivity contribution in [2.45, 2.75) is 11.4 Å². The van der Waals surface area contributed by atoms with E-state index in [4.69, 9.17) is 0 Å². The Balaban J connectivity index is 1.25. The van der Waals surface area contributed by atoms with Gasteiger partial charge in [0.2, 0.25) is 0 Å². The monoisotopic (exact) mass is 446 g/mol. The highest BCUT2D eigenvalue weighted by Gasteiger charge is 2.15. The first-order valence-corrected chi connectivity index (χ1v) is 11.2. The second kappa shape index (κ2) is 7.82. The van der Waals surface area contributed by atoms with Gasteiger partial charge >= 0.3 is 0 Å². The van der Waals surface area contributed by atoms with E-state index >= 15 is 0 Å². The van der Waals surface area contributed by atoms with E-state index < -0.39 is 10.0 Å². The predicted octanol–water partition coefficient (Wildman–Crippen LogP) is 3.17. The lowest BCUT2D eigenvalue weighted by Gasteiger charge is -2.09. The number of anilines is 1. The fourth-order valence-corrected chi connectivity index (χ4v) is 4.42. The van der Waals surface area contributed by atoms with Crippen LogP contribution < -0.4 is 10.0 Å². The molecule has 2 aromatic carbocycles. The number of hydrogen-bond acceptors (Lipinski definition) is 5. The zero-order chi connectivity index (χ0) is 22.1. The number of aromatic amines is 2. The van der Waals surface area contributed by atoms with Crippen molar-refractivity contribution in [3.8, 4) is 0 Å². The molecule has 4 N–H and O–H groups in total. The lowest BCUT2D eigenvalue weighted by Crippen LogP contribution is -2.23. The number of fused-ring (bicyclic) bond motifs is 2.